The van der Waals surface area contributed by atoms with Crippen molar-refractivity contribution in [3.8, 4) is 5.75 Å². The van der Waals surface area contributed by atoms with Crippen molar-refractivity contribution in [1.29, 1.82) is 0 Å². The van der Waals surface area contributed by atoms with Crippen molar-refractivity contribution in [2.24, 2.45) is 5.73 Å². The molecule has 0 aromatic heterocycles. The fourth-order valence-corrected chi connectivity index (χ4v) is 2.41. The molecule has 0 saturated heterocycles. The molecule has 2 unspecified atom stereocenters. The second-order valence-electron chi connectivity index (χ2n) is 4.40. The highest BCUT2D eigenvalue weighted by molar-refractivity contribution is 5.85. The van der Waals surface area contributed by atoms with E-state index >= 15 is 0 Å². The van der Waals surface area contributed by atoms with Gasteiger partial charge in [-0.15, -0.1) is 12.4 Å². The van der Waals surface area contributed by atoms with Crippen LogP contribution in [0, 0.1) is 0 Å². The van der Waals surface area contributed by atoms with Crippen molar-refractivity contribution in [2.75, 3.05) is 7.11 Å². The summed E-state index contributed by atoms with van der Waals surface area (Å²) < 4.78 is 5.15. The Bertz CT molecular complexity index is 312. The molecule has 1 saturated carbocycles. The second-order valence-corrected chi connectivity index (χ2v) is 4.40. The molecule has 1 aliphatic rings. The average molecular weight is 242 g/mol. The maximum absolute atomic E-state index is 5.99. The Hall–Kier alpha value is -0.730. The first-order chi connectivity index (χ1) is 7.29. The van der Waals surface area contributed by atoms with E-state index < -0.39 is 0 Å². The van der Waals surface area contributed by atoms with Crippen molar-refractivity contribution in [2.45, 2.75) is 37.6 Å². The molecule has 0 spiro atoms. The maximum atomic E-state index is 5.99. The van der Waals surface area contributed by atoms with Gasteiger partial charge < -0.3 is 10.5 Å². The number of benzene rings is 1. The molecule has 2 nitrogen and oxygen atoms in total. The van der Waals surface area contributed by atoms with E-state index in [1.165, 1.54) is 24.8 Å². The van der Waals surface area contributed by atoms with Crippen LogP contribution in [-0.4, -0.2) is 13.2 Å². The zero-order valence-corrected chi connectivity index (χ0v) is 10.5. The molecular weight excluding hydrogens is 222 g/mol. The first kappa shape index (κ1) is 13.3. The summed E-state index contributed by atoms with van der Waals surface area (Å²) in [6, 6.07) is 8.81. The van der Waals surface area contributed by atoms with Gasteiger partial charge in [0.25, 0.3) is 0 Å². The van der Waals surface area contributed by atoms with Gasteiger partial charge in [-0.05, 0) is 42.9 Å². The molecule has 16 heavy (non-hydrogen) atoms. The first-order valence-electron chi connectivity index (χ1n) is 5.69. The van der Waals surface area contributed by atoms with Crippen LogP contribution < -0.4 is 10.5 Å². The second kappa shape index (κ2) is 6.12. The molecule has 3 heteroatoms. The third-order valence-corrected chi connectivity index (χ3v) is 3.30. The number of hydrogen-bond acceptors (Lipinski definition) is 2. The maximum Gasteiger partial charge on any atom is 0.118 e. The number of hydrogen-bond donors (Lipinski definition) is 1. The summed E-state index contributed by atoms with van der Waals surface area (Å²) in [4.78, 5) is 0. The minimum absolute atomic E-state index is 0. The fourth-order valence-electron chi connectivity index (χ4n) is 2.41. The van der Waals surface area contributed by atoms with Gasteiger partial charge in [0.1, 0.15) is 5.75 Å². The van der Waals surface area contributed by atoms with E-state index in [4.69, 9.17) is 10.5 Å². The molecule has 2 rings (SSSR count). The van der Waals surface area contributed by atoms with Crippen LogP contribution in [0.5, 0.6) is 5.75 Å². The summed E-state index contributed by atoms with van der Waals surface area (Å²) in [7, 11) is 1.70. The predicted molar refractivity (Wildman–Crippen MR) is 69.4 cm³/mol. The minimum atomic E-state index is 0. The predicted octanol–water partition coefficient (Wildman–Crippen LogP) is 3.10. The number of halogens is 1. The summed E-state index contributed by atoms with van der Waals surface area (Å²) >= 11 is 0. The van der Waals surface area contributed by atoms with Gasteiger partial charge in [-0.2, -0.15) is 0 Å². The smallest absolute Gasteiger partial charge is 0.118 e. The molecule has 2 N–H and O–H groups in total. The fraction of sp³-hybridized carbons (Fsp3) is 0.538. The van der Waals surface area contributed by atoms with E-state index in [0.717, 1.165) is 12.2 Å². The van der Waals surface area contributed by atoms with Crippen molar-refractivity contribution in [3.63, 3.8) is 0 Å². The van der Waals surface area contributed by atoms with Crippen LogP contribution in [0.4, 0.5) is 0 Å². The van der Waals surface area contributed by atoms with Gasteiger partial charge in [0.15, 0.2) is 0 Å². The Morgan fingerprint density at radius 1 is 1.19 bits per heavy atom. The molecule has 0 bridgehead atoms. The first-order valence-corrected chi connectivity index (χ1v) is 5.69. The normalized spacial score (nSPS) is 24.6. The number of rotatable bonds is 2. The SMILES string of the molecule is COc1ccc(C2CCCC(N)C2)cc1.Cl. The topological polar surface area (TPSA) is 35.2 Å². The zero-order valence-electron chi connectivity index (χ0n) is 9.69. The summed E-state index contributed by atoms with van der Waals surface area (Å²) in [5.41, 5.74) is 7.40. The van der Waals surface area contributed by atoms with Crippen LogP contribution in [0.15, 0.2) is 24.3 Å². The summed E-state index contributed by atoms with van der Waals surface area (Å²) in [6.07, 6.45) is 4.86. The van der Waals surface area contributed by atoms with Crippen LogP contribution in [-0.2, 0) is 0 Å². The molecule has 0 radical (unpaired) electrons. The summed E-state index contributed by atoms with van der Waals surface area (Å²) in [6.45, 7) is 0. The van der Waals surface area contributed by atoms with Gasteiger partial charge in [0.05, 0.1) is 7.11 Å². The lowest BCUT2D eigenvalue weighted by Crippen LogP contribution is -2.26. The van der Waals surface area contributed by atoms with Gasteiger partial charge in [-0.3, -0.25) is 0 Å². The number of methoxy groups -OCH3 is 1. The standard InChI is InChI=1S/C13H19NO.ClH/c1-15-13-7-5-10(6-8-13)11-3-2-4-12(14)9-11;/h5-8,11-12H,2-4,9,14H2,1H3;1H. The lowest BCUT2D eigenvalue weighted by molar-refractivity contribution is 0.391. The number of ether oxygens (including phenoxy) is 1. The van der Waals surface area contributed by atoms with E-state index in [1.54, 1.807) is 7.11 Å². The van der Waals surface area contributed by atoms with Crippen LogP contribution in [0.2, 0.25) is 0 Å². The van der Waals surface area contributed by atoms with Gasteiger partial charge in [-0.25, -0.2) is 0 Å². The van der Waals surface area contributed by atoms with E-state index in [1.807, 2.05) is 12.1 Å². The van der Waals surface area contributed by atoms with Crippen molar-refractivity contribution < 1.29 is 4.74 Å². The molecule has 1 aromatic carbocycles. The lowest BCUT2D eigenvalue weighted by Gasteiger charge is -2.26. The van der Waals surface area contributed by atoms with E-state index in [9.17, 15) is 0 Å². The summed E-state index contributed by atoms with van der Waals surface area (Å²) in [5.74, 6) is 1.58. The molecule has 1 aliphatic carbocycles. The third-order valence-electron chi connectivity index (χ3n) is 3.30. The molecule has 0 amide bonds. The quantitative estimate of drug-likeness (QED) is 0.864. The Morgan fingerprint density at radius 2 is 1.88 bits per heavy atom. The highest BCUT2D eigenvalue weighted by atomic mass is 35.5. The zero-order chi connectivity index (χ0) is 10.7. The molecule has 0 heterocycles. The van der Waals surface area contributed by atoms with Crippen LogP contribution in [0.1, 0.15) is 37.2 Å². The molecular formula is C13H20ClNO. The molecule has 2 atom stereocenters. The Kier molecular flexibility index (Phi) is 5.10. The van der Waals surface area contributed by atoms with Crippen molar-refractivity contribution in [3.05, 3.63) is 29.8 Å². The molecule has 1 fully saturated rings. The Balaban J connectivity index is 0.00000128. The van der Waals surface area contributed by atoms with Gasteiger partial charge in [0, 0.05) is 6.04 Å². The Morgan fingerprint density at radius 3 is 2.44 bits per heavy atom. The van der Waals surface area contributed by atoms with E-state index in [-0.39, 0.29) is 12.4 Å². The minimum Gasteiger partial charge on any atom is -0.497 e. The highest BCUT2D eigenvalue weighted by Gasteiger charge is 2.20. The largest absolute Gasteiger partial charge is 0.497 e. The summed E-state index contributed by atoms with van der Waals surface area (Å²) in [5, 5.41) is 0. The molecule has 1 aromatic rings. The third kappa shape index (κ3) is 3.13. The number of nitrogens with two attached hydrogens (primary N) is 1. The molecule has 90 valence electrons. The van der Waals surface area contributed by atoms with Crippen molar-refractivity contribution in [1.82, 2.24) is 0 Å². The van der Waals surface area contributed by atoms with Crippen LogP contribution in [0.25, 0.3) is 0 Å². The van der Waals surface area contributed by atoms with Gasteiger partial charge >= 0.3 is 0 Å². The van der Waals surface area contributed by atoms with Crippen LogP contribution in [0.3, 0.4) is 0 Å². The van der Waals surface area contributed by atoms with Crippen molar-refractivity contribution >= 4 is 12.4 Å². The lowest BCUT2D eigenvalue weighted by atomic mass is 9.82. The van der Waals surface area contributed by atoms with Crippen LogP contribution >= 0.6 is 12.4 Å². The molecule has 0 aliphatic heterocycles. The average Bonchev–Trinajstić information content (AvgIpc) is 2.29. The van der Waals surface area contributed by atoms with Gasteiger partial charge in [0.2, 0.25) is 0 Å². The van der Waals surface area contributed by atoms with E-state index in [0.29, 0.717) is 12.0 Å². The van der Waals surface area contributed by atoms with E-state index in [2.05, 4.69) is 12.1 Å². The monoisotopic (exact) mass is 241 g/mol. The Labute approximate surface area is 104 Å². The van der Waals surface area contributed by atoms with Gasteiger partial charge in [-0.1, -0.05) is 18.6 Å². The highest BCUT2D eigenvalue weighted by Crippen LogP contribution is 2.32.